The minimum absolute atomic E-state index is 0. The molecule has 5 unspecified atom stereocenters. The maximum atomic E-state index is 10.1. The van der Waals surface area contributed by atoms with Crippen LogP contribution in [0.15, 0.2) is 0 Å². The van der Waals surface area contributed by atoms with E-state index in [-0.39, 0.29) is 81.2 Å². The van der Waals surface area contributed by atoms with E-state index in [1.807, 2.05) is 0 Å². The topological polar surface area (TPSA) is 196 Å². The molecule has 0 aromatic carbocycles. The fourth-order valence-electron chi connectivity index (χ4n) is 0.668. The molecule has 0 spiro atoms. The number of carboxylic acids is 2. The van der Waals surface area contributed by atoms with Crippen molar-refractivity contribution in [2.75, 3.05) is 6.61 Å². The van der Waals surface area contributed by atoms with Gasteiger partial charge in [-0.2, -0.15) is 0 Å². The molecule has 0 saturated heterocycles. The predicted octanol–water partition coefficient (Wildman–Crippen LogP) is -4.35. The third-order valence-electron chi connectivity index (χ3n) is 1.87. The molecule has 0 bridgehead atoms. The van der Waals surface area contributed by atoms with E-state index in [1.54, 1.807) is 0 Å². The van der Waals surface area contributed by atoms with Crippen molar-refractivity contribution < 1.29 is 56.1 Å². The second-order valence-electron chi connectivity index (χ2n) is 3.53. The molecule has 0 rings (SSSR count). The van der Waals surface area contributed by atoms with Crippen LogP contribution in [-0.4, -0.2) is 165 Å². The minimum atomic E-state index is -2.20. The zero-order valence-electron chi connectivity index (χ0n) is 15.4. The molecule has 0 aromatic rings. The molecular formula is C9H22Ca2O10. The third-order valence-corrected chi connectivity index (χ3v) is 1.87. The molecule has 0 aliphatic heterocycles. The Labute approximate surface area is 186 Å². The van der Waals surface area contributed by atoms with Crippen LogP contribution >= 0.6 is 0 Å². The number of hydrogen-bond donors (Lipinski definition) is 8. The number of aliphatic carboxylic acids is 2. The smallest absolute Gasteiger partial charge is 1.00 e. The van der Waals surface area contributed by atoms with E-state index in [0.29, 0.717) is 0 Å². The van der Waals surface area contributed by atoms with Gasteiger partial charge < -0.3 is 46.6 Å². The van der Waals surface area contributed by atoms with Gasteiger partial charge in [-0.05, 0) is 6.92 Å². The fraction of sp³-hybridized carbons (Fsp3) is 0.778. The van der Waals surface area contributed by atoms with Crippen LogP contribution in [0, 0.1) is 0 Å². The molecule has 0 aliphatic carbocycles. The van der Waals surface area contributed by atoms with Crippen molar-refractivity contribution in [3.8, 4) is 0 Å². The summed E-state index contributed by atoms with van der Waals surface area (Å²) < 4.78 is 0. The second kappa shape index (κ2) is 16.1. The maximum Gasteiger partial charge on any atom is 2.00 e. The summed E-state index contributed by atoms with van der Waals surface area (Å²) in [5.74, 6) is -2.91. The summed E-state index contributed by atoms with van der Waals surface area (Å²) >= 11 is 0. The predicted molar refractivity (Wildman–Crippen MR) is 74.0 cm³/mol. The number of aliphatic hydroxyl groups is 6. The summed E-state index contributed by atoms with van der Waals surface area (Å²) in [6, 6.07) is 0. The Morgan fingerprint density at radius 2 is 1.24 bits per heavy atom. The van der Waals surface area contributed by atoms with Gasteiger partial charge in [0.05, 0.1) is 6.61 Å². The van der Waals surface area contributed by atoms with Gasteiger partial charge in [-0.15, -0.1) is 0 Å². The summed E-state index contributed by atoms with van der Waals surface area (Å²) in [5.41, 5.74) is 0. The largest absolute Gasteiger partial charge is 2.00 e. The quantitative estimate of drug-likeness (QED) is 0.212. The van der Waals surface area contributed by atoms with Crippen molar-refractivity contribution in [3.63, 3.8) is 0 Å². The van der Waals surface area contributed by atoms with Crippen molar-refractivity contribution in [3.05, 3.63) is 0 Å². The molecular weight excluding hydrogens is 348 g/mol. The molecule has 12 heteroatoms. The molecule has 0 heterocycles. The van der Waals surface area contributed by atoms with Gasteiger partial charge in [-0.3, -0.25) is 0 Å². The fourth-order valence-corrected chi connectivity index (χ4v) is 0.668. The van der Waals surface area contributed by atoms with E-state index in [1.165, 1.54) is 6.92 Å². The van der Waals surface area contributed by atoms with Crippen molar-refractivity contribution in [1.29, 1.82) is 0 Å². The number of carbonyl (C=O) groups is 2. The van der Waals surface area contributed by atoms with Crippen molar-refractivity contribution >= 4 is 87.4 Å². The Kier molecular flexibility index (Phi) is 23.1. The Morgan fingerprint density at radius 3 is 1.43 bits per heavy atom. The molecule has 8 N–H and O–H groups in total. The first kappa shape index (κ1) is 30.1. The monoisotopic (exact) mass is 370 g/mol. The molecule has 0 aliphatic rings. The van der Waals surface area contributed by atoms with Crippen LogP contribution in [0.2, 0.25) is 0 Å². The number of carboxylic acid groups (broad SMARTS) is 2. The number of hydrogen-bond acceptors (Lipinski definition) is 8. The SMILES string of the molecule is CC(O)C(=O)O.O=C(O)C(O)C(O)C(O)C(O)CO.[Ca+2].[Ca+2].[H-].[H-].[H-].[H-]. The number of rotatable bonds is 6. The van der Waals surface area contributed by atoms with Gasteiger partial charge in [0.25, 0.3) is 0 Å². The summed E-state index contributed by atoms with van der Waals surface area (Å²) in [6.45, 7) is 0.354. The van der Waals surface area contributed by atoms with Gasteiger partial charge in [-0.1, -0.05) is 0 Å². The van der Waals surface area contributed by atoms with Gasteiger partial charge in [0.1, 0.15) is 24.4 Å². The molecule has 5 atom stereocenters. The van der Waals surface area contributed by atoms with Gasteiger partial charge in [0.2, 0.25) is 0 Å². The van der Waals surface area contributed by atoms with Crippen LogP contribution in [0.4, 0.5) is 0 Å². The number of aliphatic hydroxyl groups excluding tert-OH is 6. The van der Waals surface area contributed by atoms with E-state index >= 15 is 0 Å². The van der Waals surface area contributed by atoms with Crippen LogP contribution in [0.5, 0.6) is 0 Å². The molecule has 0 amide bonds. The van der Waals surface area contributed by atoms with Gasteiger partial charge >= 0.3 is 87.4 Å². The molecule has 10 nitrogen and oxygen atoms in total. The summed E-state index contributed by atoms with van der Waals surface area (Å²) in [6.07, 6.45) is -9.07. The first-order valence-corrected chi connectivity index (χ1v) is 5.03. The Morgan fingerprint density at radius 1 is 0.905 bits per heavy atom. The van der Waals surface area contributed by atoms with E-state index in [4.69, 9.17) is 40.9 Å². The normalized spacial score (nSPS) is 16.5. The molecule has 0 aromatic heterocycles. The third kappa shape index (κ3) is 14.5. The van der Waals surface area contributed by atoms with Crippen LogP contribution in [0.25, 0.3) is 0 Å². The van der Waals surface area contributed by atoms with Gasteiger partial charge in [-0.25, -0.2) is 9.59 Å². The van der Waals surface area contributed by atoms with Crippen molar-refractivity contribution in [2.24, 2.45) is 0 Å². The van der Waals surface area contributed by atoms with Crippen LogP contribution in [-0.2, 0) is 9.59 Å². The standard InChI is InChI=1S/C6H12O7.C3H6O3.2Ca.4H/c7-1-2(8)3(9)4(10)5(11)6(12)13;1-2(4)3(5)6;;;;;;/h2-5,7-11H,1H2,(H,12,13);2,4H,1H3,(H,5,6);;;;;;/q;;2*+2;4*-1. The average Bonchev–Trinajstić information content (AvgIpc) is 2.35. The molecule has 0 fully saturated rings. The average molecular weight is 370 g/mol. The summed E-state index contributed by atoms with van der Waals surface area (Å²) in [5, 5.41) is 67.6. The van der Waals surface area contributed by atoms with Crippen molar-refractivity contribution in [2.45, 2.75) is 37.4 Å². The van der Waals surface area contributed by atoms with Gasteiger partial charge in [0.15, 0.2) is 6.10 Å². The Balaban J connectivity index is -0.0000000358. The second-order valence-corrected chi connectivity index (χ2v) is 3.53. The summed E-state index contributed by atoms with van der Waals surface area (Å²) in [4.78, 5) is 19.5. The van der Waals surface area contributed by atoms with Crippen LogP contribution in [0.1, 0.15) is 12.6 Å². The van der Waals surface area contributed by atoms with Crippen molar-refractivity contribution in [1.82, 2.24) is 0 Å². The minimum Gasteiger partial charge on any atom is -1.00 e. The van der Waals surface area contributed by atoms with Crippen LogP contribution < -0.4 is 0 Å². The Hall–Kier alpha value is 1.22. The molecule has 122 valence electrons. The van der Waals surface area contributed by atoms with E-state index in [0.717, 1.165) is 0 Å². The van der Waals surface area contributed by atoms with E-state index in [9.17, 15) is 9.59 Å². The molecule has 0 radical (unpaired) electrons. The van der Waals surface area contributed by atoms with Gasteiger partial charge in [0, 0.05) is 0 Å². The first-order valence-electron chi connectivity index (χ1n) is 5.03. The van der Waals surface area contributed by atoms with Crippen LogP contribution in [0.3, 0.4) is 0 Å². The first-order chi connectivity index (χ1) is 8.56. The zero-order valence-corrected chi connectivity index (χ0v) is 15.8. The maximum absolute atomic E-state index is 10.1. The zero-order chi connectivity index (χ0) is 15.7. The van der Waals surface area contributed by atoms with E-state index < -0.39 is 49.1 Å². The van der Waals surface area contributed by atoms with E-state index in [2.05, 4.69) is 0 Å². The molecule has 21 heavy (non-hydrogen) atoms. The molecule has 0 saturated carbocycles. The summed E-state index contributed by atoms with van der Waals surface area (Å²) in [7, 11) is 0. The Bertz CT molecular complexity index is 304.